The molecule has 1 amide bonds. The highest BCUT2D eigenvalue weighted by Gasteiger charge is 2.41. The van der Waals surface area contributed by atoms with E-state index >= 15 is 0 Å². The van der Waals surface area contributed by atoms with E-state index in [0.717, 1.165) is 31.8 Å². The Labute approximate surface area is 154 Å². The SMILES string of the molecule is CCC1CCCCN1c1ncc(C(=O)N2CCC3(CC2)OCCO3)cn1. The molecule has 1 spiro atoms. The number of aromatic nitrogens is 2. The maximum atomic E-state index is 12.8. The minimum Gasteiger partial charge on any atom is -0.347 e. The molecule has 7 nitrogen and oxygen atoms in total. The summed E-state index contributed by atoms with van der Waals surface area (Å²) in [6, 6.07) is 0.509. The average Bonchev–Trinajstić information content (AvgIpc) is 3.16. The third-order valence-electron chi connectivity index (χ3n) is 5.87. The van der Waals surface area contributed by atoms with E-state index in [9.17, 15) is 4.79 Å². The van der Waals surface area contributed by atoms with E-state index in [4.69, 9.17) is 9.47 Å². The van der Waals surface area contributed by atoms with Crippen molar-refractivity contribution >= 4 is 11.9 Å². The zero-order valence-corrected chi connectivity index (χ0v) is 15.5. The normalized spacial score (nSPS) is 25.7. The molecule has 7 heteroatoms. The fourth-order valence-corrected chi connectivity index (χ4v) is 4.29. The number of carbonyl (C=O) groups excluding carboxylic acids is 1. The van der Waals surface area contributed by atoms with Gasteiger partial charge < -0.3 is 19.3 Å². The van der Waals surface area contributed by atoms with Gasteiger partial charge >= 0.3 is 0 Å². The van der Waals surface area contributed by atoms with Gasteiger partial charge in [0.25, 0.3) is 5.91 Å². The average molecular weight is 360 g/mol. The van der Waals surface area contributed by atoms with E-state index in [2.05, 4.69) is 21.8 Å². The standard InChI is InChI=1S/C19H28N4O3/c1-2-16-5-3-4-8-23(16)18-20-13-15(14-21-18)17(24)22-9-6-19(7-10-22)25-11-12-26-19/h13-14,16H,2-12H2,1H3. The third kappa shape index (κ3) is 3.42. The molecule has 3 aliphatic heterocycles. The Morgan fingerprint density at radius 2 is 1.85 bits per heavy atom. The fourth-order valence-electron chi connectivity index (χ4n) is 4.29. The monoisotopic (exact) mass is 360 g/mol. The second-order valence-electron chi connectivity index (χ2n) is 7.42. The van der Waals surface area contributed by atoms with Crippen molar-refractivity contribution in [2.24, 2.45) is 0 Å². The van der Waals surface area contributed by atoms with Gasteiger partial charge in [-0.3, -0.25) is 4.79 Å². The molecule has 0 aliphatic carbocycles. The fraction of sp³-hybridized carbons (Fsp3) is 0.737. The second-order valence-corrected chi connectivity index (χ2v) is 7.42. The molecule has 1 atom stereocenters. The molecule has 4 heterocycles. The van der Waals surface area contributed by atoms with E-state index in [0.29, 0.717) is 37.9 Å². The molecule has 1 aromatic rings. The van der Waals surface area contributed by atoms with E-state index in [-0.39, 0.29) is 5.91 Å². The van der Waals surface area contributed by atoms with Gasteiger partial charge in [-0.05, 0) is 25.7 Å². The Kier molecular flexibility index (Phi) is 5.09. The van der Waals surface area contributed by atoms with Gasteiger partial charge in [-0.25, -0.2) is 9.97 Å². The highest BCUT2D eigenvalue weighted by Crippen LogP contribution is 2.31. The van der Waals surface area contributed by atoms with Crippen LogP contribution in [0.25, 0.3) is 0 Å². The second kappa shape index (κ2) is 7.48. The zero-order chi connectivity index (χ0) is 18.0. The lowest BCUT2D eigenvalue weighted by atomic mass is 10.0. The summed E-state index contributed by atoms with van der Waals surface area (Å²) in [6.07, 6.45) is 9.56. The van der Waals surface area contributed by atoms with Gasteiger partial charge in [0.05, 0.1) is 18.8 Å². The van der Waals surface area contributed by atoms with Crippen LogP contribution in [0.5, 0.6) is 0 Å². The molecule has 3 fully saturated rings. The number of ether oxygens (including phenoxy) is 2. The van der Waals surface area contributed by atoms with Crippen molar-refractivity contribution in [1.82, 2.24) is 14.9 Å². The minimum atomic E-state index is -0.458. The van der Waals surface area contributed by atoms with Crippen LogP contribution in [-0.2, 0) is 9.47 Å². The Hall–Kier alpha value is -1.73. The van der Waals surface area contributed by atoms with Crippen LogP contribution >= 0.6 is 0 Å². The minimum absolute atomic E-state index is 0.00455. The molecule has 3 aliphatic rings. The number of carbonyl (C=O) groups is 1. The highest BCUT2D eigenvalue weighted by molar-refractivity contribution is 5.93. The van der Waals surface area contributed by atoms with Crippen LogP contribution in [-0.4, -0.2) is 65.5 Å². The number of nitrogens with zero attached hydrogens (tertiary/aromatic N) is 4. The van der Waals surface area contributed by atoms with E-state index in [1.54, 1.807) is 12.4 Å². The number of hydrogen-bond acceptors (Lipinski definition) is 6. The van der Waals surface area contributed by atoms with Gasteiger partial charge in [0, 0.05) is 50.9 Å². The molecule has 0 aromatic carbocycles. The van der Waals surface area contributed by atoms with Gasteiger partial charge in [0.1, 0.15) is 0 Å². The molecule has 26 heavy (non-hydrogen) atoms. The largest absolute Gasteiger partial charge is 0.347 e. The van der Waals surface area contributed by atoms with Crippen LogP contribution in [0.2, 0.25) is 0 Å². The van der Waals surface area contributed by atoms with Crippen LogP contribution in [0.15, 0.2) is 12.4 Å². The lowest BCUT2D eigenvalue weighted by Crippen LogP contribution is -2.47. The van der Waals surface area contributed by atoms with Crippen LogP contribution in [0, 0.1) is 0 Å². The van der Waals surface area contributed by atoms with Crippen molar-refractivity contribution in [3.63, 3.8) is 0 Å². The first-order valence-corrected chi connectivity index (χ1v) is 9.87. The number of amides is 1. The van der Waals surface area contributed by atoms with Crippen molar-refractivity contribution in [3.05, 3.63) is 18.0 Å². The highest BCUT2D eigenvalue weighted by atomic mass is 16.7. The number of hydrogen-bond donors (Lipinski definition) is 0. The van der Waals surface area contributed by atoms with Crippen LogP contribution in [0.3, 0.4) is 0 Å². The van der Waals surface area contributed by atoms with Crippen molar-refractivity contribution in [3.8, 4) is 0 Å². The summed E-state index contributed by atoms with van der Waals surface area (Å²) in [5.41, 5.74) is 0.558. The zero-order valence-electron chi connectivity index (χ0n) is 15.5. The van der Waals surface area contributed by atoms with E-state index in [1.807, 2.05) is 4.90 Å². The van der Waals surface area contributed by atoms with Crippen LogP contribution in [0.1, 0.15) is 55.8 Å². The summed E-state index contributed by atoms with van der Waals surface area (Å²) in [4.78, 5) is 25.9. The van der Waals surface area contributed by atoms with Crippen molar-refractivity contribution in [2.75, 3.05) is 37.7 Å². The molecule has 1 unspecified atom stereocenters. The van der Waals surface area contributed by atoms with Gasteiger partial charge in [0.15, 0.2) is 5.79 Å². The number of likely N-dealkylation sites (tertiary alicyclic amines) is 1. The lowest BCUT2D eigenvalue weighted by molar-refractivity contribution is -0.181. The Balaban J connectivity index is 1.39. The summed E-state index contributed by atoms with van der Waals surface area (Å²) < 4.78 is 11.5. The van der Waals surface area contributed by atoms with Crippen LogP contribution in [0.4, 0.5) is 5.95 Å². The summed E-state index contributed by atoms with van der Waals surface area (Å²) >= 11 is 0. The van der Waals surface area contributed by atoms with Crippen molar-refractivity contribution < 1.29 is 14.3 Å². The molecular weight excluding hydrogens is 332 g/mol. The molecule has 0 radical (unpaired) electrons. The maximum absolute atomic E-state index is 12.8. The molecule has 3 saturated heterocycles. The summed E-state index contributed by atoms with van der Waals surface area (Å²) in [6.45, 7) is 5.80. The maximum Gasteiger partial charge on any atom is 0.256 e. The predicted octanol–water partition coefficient (Wildman–Crippen LogP) is 2.22. The summed E-state index contributed by atoms with van der Waals surface area (Å²) in [5.74, 6) is 0.286. The Bertz CT molecular complexity index is 620. The van der Waals surface area contributed by atoms with Crippen LogP contribution < -0.4 is 4.90 Å². The van der Waals surface area contributed by atoms with Gasteiger partial charge in [0.2, 0.25) is 5.95 Å². The lowest BCUT2D eigenvalue weighted by Gasteiger charge is -2.37. The van der Waals surface area contributed by atoms with Gasteiger partial charge in [-0.15, -0.1) is 0 Å². The molecule has 1 aromatic heterocycles. The van der Waals surface area contributed by atoms with Crippen molar-refractivity contribution in [1.29, 1.82) is 0 Å². The molecule has 0 saturated carbocycles. The topological polar surface area (TPSA) is 67.8 Å². The smallest absolute Gasteiger partial charge is 0.256 e. The molecule has 0 bridgehead atoms. The third-order valence-corrected chi connectivity index (χ3v) is 5.87. The molecular formula is C19H28N4O3. The Morgan fingerprint density at radius 1 is 1.15 bits per heavy atom. The van der Waals surface area contributed by atoms with Crippen molar-refractivity contribution in [2.45, 2.75) is 57.3 Å². The number of rotatable bonds is 3. The molecule has 142 valence electrons. The summed E-state index contributed by atoms with van der Waals surface area (Å²) in [7, 11) is 0. The Morgan fingerprint density at radius 3 is 2.50 bits per heavy atom. The number of piperidine rings is 2. The first-order chi connectivity index (χ1) is 12.7. The first-order valence-electron chi connectivity index (χ1n) is 9.87. The van der Waals surface area contributed by atoms with E-state index < -0.39 is 5.79 Å². The molecule has 0 N–H and O–H groups in total. The molecule has 4 rings (SSSR count). The van der Waals surface area contributed by atoms with Gasteiger partial charge in [-0.1, -0.05) is 6.92 Å². The van der Waals surface area contributed by atoms with Gasteiger partial charge in [-0.2, -0.15) is 0 Å². The quantitative estimate of drug-likeness (QED) is 0.823. The van der Waals surface area contributed by atoms with E-state index in [1.165, 1.54) is 19.3 Å². The number of anilines is 1. The summed E-state index contributed by atoms with van der Waals surface area (Å²) in [5, 5.41) is 0. The predicted molar refractivity (Wildman–Crippen MR) is 97.1 cm³/mol. The first kappa shape index (κ1) is 17.7.